The van der Waals surface area contributed by atoms with Gasteiger partial charge in [-0.15, -0.1) is 4.31 Å². The molecule has 1 saturated heterocycles. The molecule has 1 aliphatic rings. The predicted molar refractivity (Wildman–Crippen MR) is 123 cm³/mol. The summed E-state index contributed by atoms with van der Waals surface area (Å²) < 4.78 is 14.1. The number of nitrogens with zero attached hydrogens (tertiary/aromatic N) is 1. The van der Waals surface area contributed by atoms with Crippen molar-refractivity contribution in [1.29, 1.82) is 0 Å². The molecule has 7 heteroatoms. The van der Waals surface area contributed by atoms with Crippen LogP contribution in [0.15, 0.2) is 11.5 Å². The van der Waals surface area contributed by atoms with E-state index in [1.54, 1.807) is 0 Å². The number of hydrogen-bond donors (Lipinski definition) is 1. The van der Waals surface area contributed by atoms with Crippen LogP contribution in [-0.4, -0.2) is 45.4 Å². The fourth-order valence-corrected chi connectivity index (χ4v) is 5.98. The number of unbranched alkanes of at least 4 members (excludes halogenated alkanes) is 3. The van der Waals surface area contributed by atoms with E-state index in [0.717, 1.165) is 38.9 Å². The smallest absolute Gasteiger partial charge is 0.223 e. The number of rotatable bonds is 13. The summed E-state index contributed by atoms with van der Waals surface area (Å²) in [6.45, 7) is 10.7. The first-order valence-corrected chi connectivity index (χ1v) is 13.8. The van der Waals surface area contributed by atoms with E-state index in [1.807, 2.05) is 39.7 Å². The van der Waals surface area contributed by atoms with Crippen molar-refractivity contribution in [3.63, 3.8) is 0 Å². The molecule has 158 valence electrons. The molecule has 1 amide bonds. The number of carbonyl (C=O) groups excluding carboxylic acids is 1. The van der Waals surface area contributed by atoms with Crippen LogP contribution in [0, 0.1) is 11.8 Å². The molecular weight excluding hydrogens is 396 g/mol. The minimum absolute atomic E-state index is 0.0951. The fraction of sp³-hybridized carbons (Fsp3) is 0.850. The minimum atomic E-state index is -0.907. The van der Waals surface area contributed by atoms with Crippen molar-refractivity contribution in [2.45, 2.75) is 71.5 Å². The Hall–Kier alpha value is 0.180. The Morgan fingerprint density at radius 1 is 1.19 bits per heavy atom. The van der Waals surface area contributed by atoms with Gasteiger partial charge in [-0.3, -0.25) is 4.79 Å². The summed E-state index contributed by atoms with van der Waals surface area (Å²) in [4.78, 5) is 12.3. The Bertz CT molecular complexity index is 425. The second-order valence-corrected chi connectivity index (χ2v) is 12.1. The summed E-state index contributed by atoms with van der Waals surface area (Å²) in [5.74, 6) is 2.10. The third kappa shape index (κ3) is 11.7. The van der Waals surface area contributed by atoms with E-state index in [2.05, 4.69) is 30.6 Å². The van der Waals surface area contributed by atoms with Crippen molar-refractivity contribution < 1.29 is 9.35 Å². The Labute approximate surface area is 177 Å². The third-order valence-corrected chi connectivity index (χ3v) is 8.31. The van der Waals surface area contributed by atoms with Gasteiger partial charge in [0.25, 0.3) is 0 Å². The van der Waals surface area contributed by atoms with E-state index < -0.39 is 11.4 Å². The van der Waals surface area contributed by atoms with Gasteiger partial charge in [0, 0.05) is 42.7 Å². The number of piperidine rings is 1. The largest absolute Gasteiger partial charge is 0.598 e. The molecule has 0 aliphatic carbocycles. The second-order valence-electron chi connectivity index (χ2n) is 7.72. The second kappa shape index (κ2) is 15.1. The van der Waals surface area contributed by atoms with E-state index in [-0.39, 0.29) is 17.1 Å². The lowest BCUT2D eigenvalue weighted by Gasteiger charge is -2.32. The van der Waals surface area contributed by atoms with Crippen LogP contribution in [0.2, 0.25) is 0 Å². The third-order valence-electron chi connectivity index (χ3n) is 4.52. The first-order chi connectivity index (χ1) is 12.9. The summed E-state index contributed by atoms with van der Waals surface area (Å²) in [5, 5.41) is 5.44. The van der Waals surface area contributed by atoms with Gasteiger partial charge in [-0.05, 0) is 50.9 Å². The van der Waals surface area contributed by atoms with Crippen LogP contribution in [0.5, 0.6) is 0 Å². The lowest BCUT2D eigenvalue weighted by molar-refractivity contribution is -0.126. The van der Waals surface area contributed by atoms with Crippen LogP contribution < -0.4 is 5.32 Å². The van der Waals surface area contributed by atoms with Gasteiger partial charge in [-0.2, -0.15) is 0 Å². The Morgan fingerprint density at radius 3 is 2.48 bits per heavy atom. The maximum absolute atomic E-state index is 12.3. The number of nitrogens with one attached hydrogen (secondary N) is 1. The van der Waals surface area contributed by atoms with E-state index in [4.69, 9.17) is 0 Å². The summed E-state index contributed by atoms with van der Waals surface area (Å²) in [7, 11) is 3.75. The van der Waals surface area contributed by atoms with Crippen molar-refractivity contribution in [2.75, 3.05) is 25.4 Å². The molecule has 0 spiro atoms. The molecule has 0 aromatic rings. The average Bonchev–Trinajstić information content (AvgIpc) is 2.65. The van der Waals surface area contributed by atoms with E-state index >= 15 is 0 Å². The van der Waals surface area contributed by atoms with Crippen molar-refractivity contribution in [1.82, 2.24) is 9.62 Å². The summed E-state index contributed by atoms with van der Waals surface area (Å²) in [5.41, 5.74) is 0. The molecule has 1 atom stereocenters. The monoisotopic (exact) mass is 434 g/mol. The quantitative estimate of drug-likeness (QED) is 0.251. The molecule has 1 rings (SSSR count). The van der Waals surface area contributed by atoms with Gasteiger partial charge in [-0.1, -0.05) is 54.4 Å². The average molecular weight is 435 g/mol. The van der Waals surface area contributed by atoms with E-state index in [1.165, 1.54) is 25.0 Å². The highest BCUT2D eigenvalue weighted by Gasteiger charge is 2.31. The van der Waals surface area contributed by atoms with Gasteiger partial charge < -0.3 is 9.87 Å². The number of amides is 1. The van der Waals surface area contributed by atoms with E-state index in [9.17, 15) is 9.35 Å². The predicted octanol–water partition coefficient (Wildman–Crippen LogP) is 5.00. The highest BCUT2D eigenvalue weighted by atomic mass is 33.1. The normalized spacial score (nSPS) is 17.9. The van der Waals surface area contributed by atoms with Crippen LogP contribution in [0.1, 0.15) is 66.2 Å². The number of allylic oxidation sites excluding steroid dienone is 1. The molecule has 1 N–H and O–H groups in total. The number of hydrogen-bond acceptors (Lipinski definition) is 5. The standard InChI is InChI=1S/C20H38N2O2S3/c1-17(2)11-16-26-25-15-8-6-5-7-12-21-20(23)19-9-13-22(14-10-19)27(24)18(3)4/h11,16-19H,5-10,12-15H2,1-4H3,(H,21,23)/b16-11+. The molecule has 1 fully saturated rings. The minimum Gasteiger partial charge on any atom is -0.598 e. The molecule has 1 aliphatic heterocycles. The van der Waals surface area contributed by atoms with Crippen molar-refractivity contribution in [3.05, 3.63) is 11.5 Å². The Kier molecular flexibility index (Phi) is 14.1. The van der Waals surface area contributed by atoms with Crippen LogP contribution >= 0.6 is 21.6 Å². The Balaban J connectivity index is 1.98. The van der Waals surface area contributed by atoms with Gasteiger partial charge in [-0.25, -0.2) is 0 Å². The number of carbonyl (C=O) groups is 1. The zero-order valence-corrected chi connectivity index (χ0v) is 19.9. The first-order valence-electron chi connectivity index (χ1n) is 10.3. The molecule has 0 radical (unpaired) electrons. The highest BCUT2D eigenvalue weighted by molar-refractivity contribution is 8.77. The topological polar surface area (TPSA) is 55.4 Å². The van der Waals surface area contributed by atoms with Crippen molar-refractivity contribution >= 4 is 38.9 Å². The van der Waals surface area contributed by atoms with Crippen molar-refractivity contribution in [3.8, 4) is 0 Å². The molecule has 1 unspecified atom stereocenters. The van der Waals surface area contributed by atoms with Gasteiger partial charge in [0.2, 0.25) is 5.91 Å². The van der Waals surface area contributed by atoms with Gasteiger partial charge in [0.15, 0.2) is 0 Å². The lowest BCUT2D eigenvalue weighted by Crippen LogP contribution is -2.45. The Morgan fingerprint density at radius 2 is 1.85 bits per heavy atom. The fourth-order valence-electron chi connectivity index (χ4n) is 2.87. The van der Waals surface area contributed by atoms with Gasteiger partial charge in [0.1, 0.15) is 5.25 Å². The molecule has 0 aromatic carbocycles. The molecule has 27 heavy (non-hydrogen) atoms. The summed E-state index contributed by atoms with van der Waals surface area (Å²) in [6, 6.07) is 0. The molecule has 1 heterocycles. The SMILES string of the molecule is CC(C)/C=C/SSCCCCCCNC(=O)C1CCN([S+]([O-])C(C)C)CC1. The van der Waals surface area contributed by atoms with Crippen molar-refractivity contribution in [2.24, 2.45) is 11.8 Å². The molecule has 0 bridgehead atoms. The highest BCUT2D eigenvalue weighted by Crippen LogP contribution is 2.25. The van der Waals surface area contributed by atoms with Gasteiger partial charge in [0.05, 0.1) is 0 Å². The molecule has 4 nitrogen and oxygen atoms in total. The van der Waals surface area contributed by atoms with Crippen LogP contribution in [0.4, 0.5) is 0 Å². The first kappa shape index (κ1) is 25.2. The van der Waals surface area contributed by atoms with Crippen LogP contribution in [-0.2, 0) is 16.2 Å². The van der Waals surface area contributed by atoms with Crippen LogP contribution in [0.3, 0.4) is 0 Å². The lowest BCUT2D eigenvalue weighted by atomic mass is 9.97. The molecular formula is C20H38N2O2S3. The van der Waals surface area contributed by atoms with Crippen LogP contribution in [0.25, 0.3) is 0 Å². The zero-order valence-electron chi connectivity index (χ0n) is 17.4. The maximum atomic E-state index is 12.3. The maximum Gasteiger partial charge on any atom is 0.223 e. The zero-order chi connectivity index (χ0) is 20.1. The molecule has 0 aromatic heterocycles. The summed E-state index contributed by atoms with van der Waals surface area (Å²) in [6.07, 6.45) is 8.60. The molecule has 0 saturated carbocycles. The van der Waals surface area contributed by atoms with E-state index in [0.29, 0.717) is 5.92 Å². The summed E-state index contributed by atoms with van der Waals surface area (Å²) >= 11 is -0.907. The van der Waals surface area contributed by atoms with Gasteiger partial charge >= 0.3 is 0 Å².